The highest BCUT2D eigenvalue weighted by Crippen LogP contribution is 2.41. The molecule has 25 heavy (non-hydrogen) atoms. The molecule has 0 N–H and O–H groups in total. The molecule has 0 aromatic heterocycles. The van der Waals surface area contributed by atoms with E-state index in [9.17, 15) is 21.6 Å². The molecule has 0 aliphatic carbocycles. The fourth-order valence-corrected chi connectivity index (χ4v) is 5.11. The lowest BCUT2D eigenvalue weighted by Crippen LogP contribution is -2.34. The Kier molecular flexibility index (Phi) is 4.64. The molecule has 0 saturated carbocycles. The van der Waals surface area contributed by atoms with Crippen LogP contribution in [0.5, 0.6) is 0 Å². The van der Waals surface area contributed by atoms with E-state index in [2.05, 4.69) is 0 Å². The molecule has 7 heteroatoms. The fraction of sp³-hybridized carbons (Fsp3) is 0.333. The summed E-state index contributed by atoms with van der Waals surface area (Å²) in [5.41, 5.74) is -0.529. The van der Waals surface area contributed by atoms with E-state index in [-0.39, 0.29) is 23.0 Å². The molecule has 1 aliphatic rings. The van der Waals surface area contributed by atoms with Gasteiger partial charge in [0.15, 0.2) is 0 Å². The number of rotatable bonds is 3. The Bertz CT molecular complexity index is 850. The molecule has 0 amide bonds. The molecule has 1 saturated heterocycles. The largest absolute Gasteiger partial charge is 0.416 e. The molecule has 3 nitrogen and oxygen atoms in total. The predicted molar refractivity (Wildman–Crippen MR) is 88.6 cm³/mol. The van der Waals surface area contributed by atoms with Crippen molar-refractivity contribution in [2.75, 3.05) is 6.54 Å². The Morgan fingerprint density at radius 3 is 2.24 bits per heavy atom. The molecule has 1 fully saturated rings. The highest BCUT2D eigenvalue weighted by Gasteiger charge is 2.42. The lowest BCUT2D eigenvalue weighted by atomic mass is 9.92. The minimum absolute atomic E-state index is 0.0471. The zero-order chi connectivity index (χ0) is 18.2. The predicted octanol–water partition coefficient (Wildman–Crippen LogP) is 4.27. The second-order valence-corrected chi connectivity index (χ2v) is 8.14. The van der Waals surface area contributed by atoms with Gasteiger partial charge in [0, 0.05) is 12.6 Å². The van der Waals surface area contributed by atoms with Gasteiger partial charge in [-0.2, -0.15) is 17.5 Å². The monoisotopic (exact) mass is 369 g/mol. The molecule has 1 aliphatic heterocycles. The van der Waals surface area contributed by atoms with Crippen molar-refractivity contribution in [3.8, 4) is 0 Å². The average Bonchev–Trinajstić information content (AvgIpc) is 2.97. The van der Waals surface area contributed by atoms with Crippen LogP contribution in [0.1, 0.15) is 30.4 Å². The summed E-state index contributed by atoms with van der Waals surface area (Å²) in [6, 6.07) is 13.0. The third-order valence-corrected chi connectivity index (χ3v) is 6.57. The lowest BCUT2D eigenvalue weighted by Gasteiger charge is -2.21. The van der Waals surface area contributed by atoms with Gasteiger partial charge >= 0.3 is 6.18 Å². The van der Waals surface area contributed by atoms with Crippen molar-refractivity contribution in [3.05, 3.63) is 65.7 Å². The van der Waals surface area contributed by atoms with Gasteiger partial charge in [-0.3, -0.25) is 0 Å². The van der Waals surface area contributed by atoms with Crippen LogP contribution in [0, 0.1) is 0 Å². The van der Waals surface area contributed by atoms with Crippen molar-refractivity contribution in [1.29, 1.82) is 0 Å². The maximum Gasteiger partial charge on any atom is 0.416 e. The first kappa shape index (κ1) is 17.9. The highest BCUT2D eigenvalue weighted by atomic mass is 32.2. The zero-order valence-corrected chi connectivity index (χ0v) is 14.4. The van der Waals surface area contributed by atoms with Crippen LogP contribution < -0.4 is 0 Å². The molecule has 134 valence electrons. The number of sulfonamides is 1. The third kappa shape index (κ3) is 3.43. The van der Waals surface area contributed by atoms with Crippen LogP contribution >= 0.6 is 0 Å². The van der Waals surface area contributed by atoms with Crippen molar-refractivity contribution in [1.82, 2.24) is 4.31 Å². The Balaban J connectivity index is 1.93. The first-order chi connectivity index (χ1) is 11.7. The van der Waals surface area contributed by atoms with E-state index in [0.29, 0.717) is 6.42 Å². The highest BCUT2D eigenvalue weighted by molar-refractivity contribution is 7.89. The Morgan fingerprint density at radius 2 is 1.60 bits per heavy atom. The molecule has 2 atom stereocenters. The number of hydrogen-bond acceptors (Lipinski definition) is 2. The van der Waals surface area contributed by atoms with Crippen molar-refractivity contribution < 1.29 is 21.6 Å². The second kappa shape index (κ2) is 6.46. The Hall–Kier alpha value is -1.86. The Morgan fingerprint density at radius 1 is 1.00 bits per heavy atom. The summed E-state index contributed by atoms with van der Waals surface area (Å²) in [5.74, 6) is -0.480. The summed E-state index contributed by atoms with van der Waals surface area (Å²) in [6.07, 6.45) is -4.09. The Labute approximate surface area is 145 Å². The van der Waals surface area contributed by atoms with Crippen LogP contribution in [-0.4, -0.2) is 25.3 Å². The topological polar surface area (TPSA) is 37.4 Å². The standard InChI is InChI=1S/C18H18F3NO2S/c1-13-11-14(16-9-5-6-10-17(16)18(19,20)21)12-22(13)25(23,24)15-7-3-2-4-8-15/h2-10,13-14H,11-12H2,1H3. The van der Waals surface area contributed by atoms with E-state index in [0.717, 1.165) is 6.07 Å². The number of alkyl halides is 3. The van der Waals surface area contributed by atoms with Crippen LogP contribution in [0.25, 0.3) is 0 Å². The normalized spacial score (nSPS) is 22.2. The van der Waals surface area contributed by atoms with Gasteiger partial charge in [0.2, 0.25) is 10.0 Å². The van der Waals surface area contributed by atoms with Gasteiger partial charge in [0.25, 0.3) is 0 Å². The fourth-order valence-electron chi connectivity index (χ4n) is 3.40. The van der Waals surface area contributed by atoms with Gasteiger partial charge in [-0.1, -0.05) is 36.4 Å². The number of hydrogen-bond donors (Lipinski definition) is 0. The van der Waals surface area contributed by atoms with E-state index < -0.39 is 27.7 Å². The molecule has 0 spiro atoms. The SMILES string of the molecule is CC1CC(c2ccccc2C(F)(F)F)CN1S(=O)(=O)c1ccccc1. The van der Waals surface area contributed by atoms with Crippen LogP contribution in [0.3, 0.4) is 0 Å². The minimum Gasteiger partial charge on any atom is -0.207 e. The molecule has 3 rings (SSSR count). The third-order valence-electron chi connectivity index (χ3n) is 4.57. The van der Waals surface area contributed by atoms with Crippen LogP contribution in [-0.2, 0) is 16.2 Å². The van der Waals surface area contributed by atoms with Crippen LogP contribution in [0.4, 0.5) is 13.2 Å². The molecule has 0 radical (unpaired) electrons. The summed E-state index contributed by atoms with van der Waals surface area (Å²) in [6.45, 7) is 1.78. The second-order valence-electron chi connectivity index (χ2n) is 6.25. The zero-order valence-electron chi connectivity index (χ0n) is 13.6. The van der Waals surface area contributed by atoms with Crippen molar-refractivity contribution in [3.63, 3.8) is 0 Å². The van der Waals surface area contributed by atoms with E-state index in [1.807, 2.05) is 0 Å². The van der Waals surface area contributed by atoms with E-state index in [1.54, 1.807) is 31.2 Å². The minimum atomic E-state index is -4.45. The quantitative estimate of drug-likeness (QED) is 0.810. The van der Waals surface area contributed by atoms with Crippen molar-refractivity contribution in [2.24, 2.45) is 0 Å². The molecule has 2 aromatic carbocycles. The first-order valence-corrected chi connectivity index (χ1v) is 9.38. The number of nitrogens with zero attached hydrogens (tertiary/aromatic N) is 1. The summed E-state index contributed by atoms with van der Waals surface area (Å²) in [5, 5.41) is 0. The smallest absolute Gasteiger partial charge is 0.207 e. The van der Waals surface area contributed by atoms with Crippen LogP contribution in [0.15, 0.2) is 59.5 Å². The summed E-state index contributed by atoms with van der Waals surface area (Å²) in [7, 11) is -3.73. The summed E-state index contributed by atoms with van der Waals surface area (Å²) in [4.78, 5) is 0.159. The van der Waals surface area contributed by atoms with Gasteiger partial charge < -0.3 is 0 Å². The van der Waals surface area contributed by atoms with Gasteiger partial charge in [0.1, 0.15) is 0 Å². The van der Waals surface area contributed by atoms with Gasteiger partial charge in [-0.25, -0.2) is 8.42 Å². The van der Waals surface area contributed by atoms with E-state index >= 15 is 0 Å². The average molecular weight is 369 g/mol. The molecular weight excluding hydrogens is 351 g/mol. The first-order valence-electron chi connectivity index (χ1n) is 7.94. The van der Waals surface area contributed by atoms with Crippen molar-refractivity contribution in [2.45, 2.75) is 36.4 Å². The molecular formula is C18H18F3NO2S. The maximum absolute atomic E-state index is 13.3. The lowest BCUT2D eigenvalue weighted by molar-refractivity contribution is -0.138. The van der Waals surface area contributed by atoms with Gasteiger partial charge in [-0.05, 0) is 43.0 Å². The van der Waals surface area contributed by atoms with Gasteiger partial charge in [0.05, 0.1) is 10.5 Å². The molecule has 2 unspecified atom stereocenters. The van der Waals surface area contributed by atoms with Crippen LogP contribution in [0.2, 0.25) is 0 Å². The number of benzene rings is 2. The summed E-state index contributed by atoms with van der Waals surface area (Å²) < 4.78 is 66.7. The molecule has 2 aromatic rings. The molecule has 0 bridgehead atoms. The van der Waals surface area contributed by atoms with Crippen molar-refractivity contribution >= 4 is 10.0 Å². The maximum atomic E-state index is 13.3. The van der Waals surface area contributed by atoms with Gasteiger partial charge in [-0.15, -0.1) is 0 Å². The molecule has 1 heterocycles. The summed E-state index contributed by atoms with van der Waals surface area (Å²) >= 11 is 0. The van der Waals surface area contributed by atoms with E-state index in [4.69, 9.17) is 0 Å². The number of halogens is 3. The van der Waals surface area contributed by atoms with E-state index in [1.165, 1.54) is 28.6 Å².